The summed E-state index contributed by atoms with van der Waals surface area (Å²) in [6, 6.07) is 12.4. The van der Waals surface area contributed by atoms with E-state index in [0.29, 0.717) is 24.7 Å². The Morgan fingerprint density at radius 1 is 0.688 bits per heavy atom. The summed E-state index contributed by atoms with van der Waals surface area (Å²) < 4.78 is 0. The number of carbonyl (C=O) groups is 2. The third-order valence-electron chi connectivity index (χ3n) is 7.23. The molecule has 0 unspecified atom stereocenters. The van der Waals surface area contributed by atoms with Gasteiger partial charge in [-0.25, -0.2) is 0 Å². The molecule has 4 rings (SSSR count). The lowest BCUT2D eigenvalue weighted by Crippen LogP contribution is -2.16. The summed E-state index contributed by atoms with van der Waals surface area (Å²) >= 11 is 0. The highest BCUT2D eigenvalue weighted by Crippen LogP contribution is 2.31. The smallest absolute Gasteiger partial charge is 0.224 e. The molecule has 0 bridgehead atoms. The molecule has 2 fully saturated rings. The zero-order valence-corrected chi connectivity index (χ0v) is 19.5. The van der Waals surface area contributed by atoms with E-state index in [0.717, 1.165) is 33.6 Å². The van der Waals surface area contributed by atoms with Crippen LogP contribution in [0.5, 0.6) is 0 Å². The van der Waals surface area contributed by atoms with Gasteiger partial charge in [0.15, 0.2) is 0 Å². The molecule has 0 saturated heterocycles. The minimum absolute atomic E-state index is 0.126. The molecule has 0 aliphatic heterocycles. The van der Waals surface area contributed by atoms with Crippen LogP contribution in [-0.4, -0.2) is 11.8 Å². The number of carbonyl (C=O) groups excluding carboxylic acids is 2. The Hall–Kier alpha value is -2.62. The minimum Gasteiger partial charge on any atom is -0.326 e. The van der Waals surface area contributed by atoms with Crippen molar-refractivity contribution in [2.24, 2.45) is 11.8 Å². The molecular formula is C28H36N2O2. The van der Waals surface area contributed by atoms with Crippen LogP contribution in [0.25, 0.3) is 11.1 Å². The number of hydrogen-bond donors (Lipinski definition) is 2. The molecule has 2 N–H and O–H groups in total. The van der Waals surface area contributed by atoms with Crippen LogP contribution in [0, 0.1) is 25.7 Å². The fourth-order valence-corrected chi connectivity index (χ4v) is 5.32. The fraction of sp³-hybridized carbons (Fsp3) is 0.500. The maximum atomic E-state index is 12.4. The SMILES string of the molecule is Cc1cc(-c2ccc(NC(=O)CC3CCCC3)c(C)c2)ccc1NC(=O)CC1CCCC1. The van der Waals surface area contributed by atoms with Crippen molar-refractivity contribution in [1.82, 2.24) is 0 Å². The lowest BCUT2D eigenvalue weighted by molar-refractivity contribution is -0.117. The first-order valence-corrected chi connectivity index (χ1v) is 12.3. The molecule has 0 atom stereocenters. The average molecular weight is 433 g/mol. The minimum atomic E-state index is 0.126. The standard InChI is InChI=1S/C28H36N2O2/c1-19-15-23(11-13-25(19)29-27(31)17-21-7-3-4-8-21)24-12-14-26(20(2)16-24)30-28(32)18-22-9-5-6-10-22/h11-16,21-22H,3-10,17-18H2,1-2H3,(H,29,31)(H,30,32). The highest BCUT2D eigenvalue weighted by atomic mass is 16.2. The summed E-state index contributed by atoms with van der Waals surface area (Å²) in [6.07, 6.45) is 11.0. The van der Waals surface area contributed by atoms with Crippen molar-refractivity contribution in [2.45, 2.75) is 78.1 Å². The quantitative estimate of drug-likeness (QED) is 0.494. The Bertz CT molecular complexity index is 890. The largest absolute Gasteiger partial charge is 0.326 e. The molecule has 2 saturated carbocycles. The second-order valence-corrected chi connectivity index (χ2v) is 9.86. The molecule has 0 aromatic heterocycles. The van der Waals surface area contributed by atoms with Crippen LogP contribution < -0.4 is 10.6 Å². The second kappa shape index (κ2) is 10.3. The summed E-state index contributed by atoms with van der Waals surface area (Å²) in [5.41, 5.74) is 6.14. The molecule has 2 aliphatic carbocycles. The predicted molar refractivity (Wildman–Crippen MR) is 132 cm³/mol. The highest BCUT2D eigenvalue weighted by Gasteiger charge is 2.20. The summed E-state index contributed by atoms with van der Waals surface area (Å²) in [4.78, 5) is 24.8. The van der Waals surface area contributed by atoms with Crippen molar-refractivity contribution >= 4 is 23.2 Å². The van der Waals surface area contributed by atoms with Crippen molar-refractivity contribution in [3.8, 4) is 11.1 Å². The van der Waals surface area contributed by atoms with Gasteiger partial charge in [0.1, 0.15) is 0 Å². The number of anilines is 2. The van der Waals surface area contributed by atoms with Gasteiger partial charge < -0.3 is 10.6 Å². The van der Waals surface area contributed by atoms with Gasteiger partial charge in [-0.1, -0.05) is 37.8 Å². The average Bonchev–Trinajstić information content (AvgIpc) is 3.45. The molecular weight excluding hydrogens is 396 g/mol. The topological polar surface area (TPSA) is 58.2 Å². The molecule has 0 heterocycles. The van der Waals surface area contributed by atoms with Crippen LogP contribution in [0.1, 0.15) is 75.3 Å². The van der Waals surface area contributed by atoms with Crippen LogP contribution in [0.3, 0.4) is 0 Å². The third-order valence-corrected chi connectivity index (χ3v) is 7.23. The third kappa shape index (κ3) is 5.79. The first-order valence-electron chi connectivity index (χ1n) is 12.3. The zero-order chi connectivity index (χ0) is 22.5. The van der Waals surface area contributed by atoms with Crippen LogP contribution in [0.4, 0.5) is 11.4 Å². The van der Waals surface area contributed by atoms with Crippen molar-refractivity contribution in [2.75, 3.05) is 10.6 Å². The van der Waals surface area contributed by atoms with E-state index in [4.69, 9.17) is 0 Å². The maximum Gasteiger partial charge on any atom is 0.224 e. The number of aryl methyl sites for hydroxylation is 2. The monoisotopic (exact) mass is 432 g/mol. The number of hydrogen-bond acceptors (Lipinski definition) is 2. The lowest BCUT2D eigenvalue weighted by Gasteiger charge is -2.14. The van der Waals surface area contributed by atoms with E-state index in [2.05, 4.69) is 34.9 Å². The molecule has 2 aromatic carbocycles. The van der Waals surface area contributed by atoms with Gasteiger partial charge in [0.05, 0.1) is 0 Å². The molecule has 0 radical (unpaired) electrons. The van der Waals surface area contributed by atoms with E-state index in [1.54, 1.807) is 0 Å². The predicted octanol–water partition coefficient (Wildman–Crippen LogP) is 7.01. The van der Waals surface area contributed by atoms with Crippen molar-refractivity contribution in [3.63, 3.8) is 0 Å². The van der Waals surface area contributed by atoms with E-state index in [-0.39, 0.29) is 11.8 Å². The van der Waals surface area contributed by atoms with Crippen molar-refractivity contribution < 1.29 is 9.59 Å². The Kier molecular flexibility index (Phi) is 7.29. The lowest BCUT2D eigenvalue weighted by atomic mass is 9.99. The first-order chi connectivity index (χ1) is 15.5. The summed E-state index contributed by atoms with van der Waals surface area (Å²) in [6.45, 7) is 4.08. The normalized spacial score (nSPS) is 16.9. The van der Waals surface area contributed by atoms with Gasteiger partial charge in [0.25, 0.3) is 0 Å². The Morgan fingerprint density at radius 3 is 1.41 bits per heavy atom. The molecule has 2 aromatic rings. The van der Waals surface area contributed by atoms with Gasteiger partial charge in [0.2, 0.25) is 11.8 Å². The Morgan fingerprint density at radius 2 is 1.06 bits per heavy atom. The van der Waals surface area contributed by atoms with Crippen LogP contribution in [0.2, 0.25) is 0 Å². The van der Waals surface area contributed by atoms with Gasteiger partial charge in [-0.05, 0) is 97.9 Å². The molecule has 2 amide bonds. The van der Waals surface area contributed by atoms with E-state index in [1.807, 2.05) is 26.0 Å². The maximum absolute atomic E-state index is 12.4. The van der Waals surface area contributed by atoms with E-state index >= 15 is 0 Å². The van der Waals surface area contributed by atoms with Gasteiger partial charge in [0, 0.05) is 24.2 Å². The van der Waals surface area contributed by atoms with Gasteiger partial charge in [-0.15, -0.1) is 0 Å². The van der Waals surface area contributed by atoms with Crippen molar-refractivity contribution in [1.29, 1.82) is 0 Å². The van der Waals surface area contributed by atoms with E-state index in [1.165, 1.54) is 51.4 Å². The second-order valence-electron chi connectivity index (χ2n) is 9.86. The summed E-state index contributed by atoms with van der Waals surface area (Å²) in [5, 5.41) is 6.20. The van der Waals surface area contributed by atoms with Crippen molar-refractivity contribution in [3.05, 3.63) is 47.5 Å². The Balaban J connectivity index is 1.38. The van der Waals surface area contributed by atoms with Crippen LogP contribution >= 0.6 is 0 Å². The molecule has 4 nitrogen and oxygen atoms in total. The molecule has 170 valence electrons. The Labute approximate surface area is 192 Å². The summed E-state index contributed by atoms with van der Waals surface area (Å²) in [7, 11) is 0. The van der Waals surface area contributed by atoms with Gasteiger partial charge in [-0.3, -0.25) is 9.59 Å². The molecule has 32 heavy (non-hydrogen) atoms. The number of amides is 2. The number of nitrogens with one attached hydrogen (secondary N) is 2. The molecule has 0 spiro atoms. The van der Waals surface area contributed by atoms with Crippen LogP contribution in [-0.2, 0) is 9.59 Å². The number of benzene rings is 2. The van der Waals surface area contributed by atoms with Gasteiger partial charge in [-0.2, -0.15) is 0 Å². The zero-order valence-electron chi connectivity index (χ0n) is 19.5. The summed E-state index contributed by atoms with van der Waals surface area (Å²) in [5.74, 6) is 1.35. The van der Waals surface area contributed by atoms with Crippen LogP contribution in [0.15, 0.2) is 36.4 Å². The first kappa shape index (κ1) is 22.6. The number of rotatable bonds is 7. The van der Waals surface area contributed by atoms with E-state index in [9.17, 15) is 9.59 Å². The fourth-order valence-electron chi connectivity index (χ4n) is 5.32. The van der Waals surface area contributed by atoms with Gasteiger partial charge >= 0.3 is 0 Å². The highest BCUT2D eigenvalue weighted by molar-refractivity contribution is 5.93. The molecule has 4 heteroatoms. The molecule has 2 aliphatic rings. The van der Waals surface area contributed by atoms with E-state index < -0.39 is 0 Å².